The van der Waals surface area contributed by atoms with Crippen molar-refractivity contribution in [1.82, 2.24) is 15.3 Å². The number of likely N-dealkylation sites (N-methyl/N-ethyl adjacent to an activating group) is 2. The number of alkyl halides is 2. The predicted molar refractivity (Wildman–Crippen MR) is 138 cm³/mol. The highest BCUT2D eigenvalue weighted by Gasteiger charge is 2.52. The standard InChI is InChI=1S/C27H32F3N5O2/c1-14(16-9-8-10-18(22(16)28)27(29,30)26(5,37)13-31-6)32-23-17-11-21-19(12-20(17)33-15(2)34-23)25(3,4)24(36)35(21)7/h8-12,14,31,37H,13H2,1-7H3,(H,32,33,34)/t14-,26?/m1/s1. The fourth-order valence-corrected chi connectivity index (χ4v) is 4.97. The van der Waals surface area contributed by atoms with Gasteiger partial charge in [0.2, 0.25) is 5.91 Å². The maximum atomic E-state index is 15.5. The molecule has 1 amide bonds. The van der Waals surface area contributed by atoms with E-state index in [0.29, 0.717) is 22.5 Å². The summed E-state index contributed by atoms with van der Waals surface area (Å²) in [6, 6.07) is 6.67. The van der Waals surface area contributed by atoms with Gasteiger partial charge in [0.05, 0.1) is 22.5 Å². The summed E-state index contributed by atoms with van der Waals surface area (Å²) >= 11 is 0. The van der Waals surface area contributed by atoms with Crippen LogP contribution < -0.4 is 15.5 Å². The first-order valence-electron chi connectivity index (χ1n) is 12.0. The summed E-state index contributed by atoms with van der Waals surface area (Å²) in [7, 11) is 3.14. The molecule has 0 bridgehead atoms. The van der Waals surface area contributed by atoms with Crippen LogP contribution in [-0.4, -0.2) is 47.2 Å². The van der Waals surface area contributed by atoms with Gasteiger partial charge < -0.3 is 20.6 Å². The number of hydrogen-bond donors (Lipinski definition) is 3. The molecular weight excluding hydrogens is 483 g/mol. The summed E-state index contributed by atoms with van der Waals surface area (Å²) in [6.07, 6.45) is 0. The first-order chi connectivity index (χ1) is 17.1. The van der Waals surface area contributed by atoms with Crippen LogP contribution in [0.5, 0.6) is 0 Å². The van der Waals surface area contributed by atoms with Crippen molar-refractivity contribution in [2.45, 2.75) is 57.6 Å². The van der Waals surface area contributed by atoms with Gasteiger partial charge >= 0.3 is 5.92 Å². The molecule has 0 radical (unpaired) electrons. The van der Waals surface area contributed by atoms with E-state index in [1.165, 1.54) is 19.2 Å². The number of amides is 1. The van der Waals surface area contributed by atoms with E-state index in [9.17, 15) is 9.90 Å². The largest absolute Gasteiger partial charge is 0.382 e. The Labute approximate surface area is 214 Å². The molecule has 1 aliphatic heterocycles. The van der Waals surface area contributed by atoms with Crippen LogP contribution in [0.2, 0.25) is 0 Å². The Balaban J connectivity index is 1.76. The quantitative estimate of drug-likeness (QED) is 0.427. The minimum atomic E-state index is -3.85. The molecule has 2 heterocycles. The Kier molecular flexibility index (Phi) is 6.49. The molecule has 3 N–H and O–H groups in total. The highest BCUT2D eigenvalue weighted by Crippen LogP contribution is 2.44. The summed E-state index contributed by atoms with van der Waals surface area (Å²) in [5.41, 5.74) is -1.92. The topological polar surface area (TPSA) is 90.4 Å². The lowest BCUT2D eigenvalue weighted by Crippen LogP contribution is -2.50. The fraction of sp³-hybridized carbons (Fsp3) is 0.444. The molecule has 1 unspecified atom stereocenters. The lowest BCUT2D eigenvalue weighted by Gasteiger charge is -2.33. The molecule has 1 aromatic heterocycles. The van der Waals surface area contributed by atoms with Crippen molar-refractivity contribution < 1.29 is 23.1 Å². The van der Waals surface area contributed by atoms with Gasteiger partial charge in [0.1, 0.15) is 23.1 Å². The van der Waals surface area contributed by atoms with Gasteiger partial charge in [-0.1, -0.05) is 12.1 Å². The van der Waals surface area contributed by atoms with Crippen molar-refractivity contribution in [1.29, 1.82) is 0 Å². The molecule has 0 aliphatic carbocycles. The molecule has 10 heteroatoms. The van der Waals surface area contributed by atoms with Crippen molar-refractivity contribution in [3.05, 3.63) is 58.7 Å². The van der Waals surface area contributed by atoms with Crippen LogP contribution in [0.1, 0.15) is 56.3 Å². The molecular formula is C27H32F3N5O2. The van der Waals surface area contributed by atoms with Crippen LogP contribution in [0.3, 0.4) is 0 Å². The van der Waals surface area contributed by atoms with Crippen molar-refractivity contribution >= 4 is 28.3 Å². The second kappa shape index (κ2) is 8.95. The number of benzene rings is 2. The molecule has 2 atom stereocenters. The number of rotatable bonds is 7. The fourth-order valence-electron chi connectivity index (χ4n) is 4.97. The van der Waals surface area contributed by atoms with Gasteiger partial charge in [-0.15, -0.1) is 0 Å². The predicted octanol–water partition coefficient (Wildman–Crippen LogP) is 4.57. The number of aryl methyl sites for hydroxylation is 1. The molecule has 0 saturated heterocycles. The number of hydrogen-bond acceptors (Lipinski definition) is 6. The first kappa shape index (κ1) is 26.8. The van der Waals surface area contributed by atoms with E-state index in [0.717, 1.165) is 24.2 Å². The Bertz CT molecular complexity index is 1390. The zero-order valence-corrected chi connectivity index (χ0v) is 22.0. The number of aromatic nitrogens is 2. The Hall–Kier alpha value is -3.24. The van der Waals surface area contributed by atoms with Gasteiger partial charge in [0.15, 0.2) is 0 Å². The summed E-state index contributed by atoms with van der Waals surface area (Å²) in [5.74, 6) is -4.15. The van der Waals surface area contributed by atoms with Crippen molar-refractivity contribution in [2.75, 3.05) is 30.9 Å². The highest BCUT2D eigenvalue weighted by atomic mass is 19.3. The van der Waals surface area contributed by atoms with Crippen molar-refractivity contribution in [2.24, 2.45) is 0 Å². The number of nitrogens with one attached hydrogen (secondary N) is 2. The van der Waals surface area contributed by atoms with E-state index in [2.05, 4.69) is 20.6 Å². The third-order valence-corrected chi connectivity index (χ3v) is 7.18. The van der Waals surface area contributed by atoms with Gasteiger partial charge in [0, 0.05) is 30.2 Å². The molecule has 3 aromatic rings. The lowest BCUT2D eigenvalue weighted by atomic mass is 9.85. The number of nitrogens with zero attached hydrogens (tertiary/aromatic N) is 3. The molecule has 7 nitrogen and oxygen atoms in total. The zero-order valence-electron chi connectivity index (χ0n) is 22.0. The number of anilines is 2. The summed E-state index contributed by atoms with van der Waals surface area (Å²) in [4.78, 5) is 23.4. The van der Waals surface area contributed by atoms with Crippen LogP contribution >= 0.6 is 0 Å². The van der Waals surface area contributed by atoms with Gasteiger partial charge in [-0.05, 0) is 65.4 Å². The maximum Gasteiger partial charge on any atom is 0.305 e. The zero-order chi connectivity index (χ0) is 27.5. The normalized spacial score (nSPS) is 17.6. The maximum absolute atomic E-state index is 15.5. The molecule has 0 fully saturated rings. The average Bonchev–Trinajstić information content (AvgIpc) is 2.97. The second-order valence-electron chi connectivity index (χ2n) is 10.4. The molecule has 198 valence electrons. The van der Waals surface area contributed by atoms with Gasteiger partial charge in [-0.25, -0.2) is 14.4 Å². The number of carbonyl (C=O) groups is 1. The van der Waals surface area contributed by atoms with Crippen molar-refractivity contribution in [3.63, 3.8) is 0 Å². The number of halogens is 3. The second-order valence-corrected chi connectivity index (χ2v) is 10.4. The monoisotopic (exact) mass is 515 g/mol. The number of aliphatic hydroxyl groups is 1. The minimum Gasteiger partial charge on any atom is -0.382 e. The summed E-state index contributed by atoms with van der Waals surface area (Å²) < 4.78 is 45.9. The molecule has 1 aliphatic rings. The van der Waals surface area contributed by atoms with Crippen LogP contribution in [0.4, 0.5) is 24.7 Å². The Morgan fingerprint density at radius 1 is 1.22 bits per heavy atom. The smallest absolute Gasteiger partial charge is 0.305 e. The SMILES string of the molecule is CNCC(C)(O)C(F)(F)c1cccc([C@@H](C)Nc2nc(C)nc3cc4c(cc23)N(C)C(=O)C4(C)C)c1F. The van der Waals surface area contributed by atoms with Gasteiger partial charge in [-0.2, -0.15) is 8.78 Å². The van der Waals surface area contributed by atoms with Crippen LogP contribution in [-0.2, 0) is 16.1 Å². The van der Waals surface area contributed by atoms with Crippen molar-refractivity contribution in [3.8, 4) is 0 Å². The molecule has 0 spiro atoms. The molecule has 2 aromatic carbocycles. The van der Waals surface area contributed by atoms with Crippen LogP contribution in [0.25, 0.3) is 10.9 Å². The van der Waals surface area contributed by atoms with E-state index in [-0.39, 0.29) is 11.5 Å². The van der Waals surface area contributed by atoms with E-state index >= 15 is 13.2 Å². The first-order valence-corrected chi connectivity index (χ1v) is 12.0. The Morgan fingerprint density at radius 3 is 2.54 bits per heavy atom. The van der Waals surface area contributed by atoms with Crippen LogP contribution in [0, 0.1) is 12.7 Å². The van der Waals surface area contributed by atoms with E-state index < -0.39 is 40.9 Å². The molecule has 4 rings (SSSR count). The Morgan fingerprint density at radius 2 is 1.89 bits per heavy atom. The number of fused-ring (bicyclic) bond motifs is 2. The summed E-state index contributed by atoms with van der Waals surface area (Å²) in [6.45, 7) is 7.62. The third kappa shape index (κ3) is 4.21. The van der Waals surface area contributed by atoms with E-state index in [1.54, 1.807) is 25.8 Å². The average molecular weight is 516 g/mol. The molecule has 0 saturated carbocycles. The highest BCUT2D eigenvalue weighted by molar-refractivity contribution is 6.10. The summed E-state index contributed by atoms with van der Waals surface area (Å²) in [5, 5.41) is 16.6. The van der Waals surface area contributed by atoms with Crippen LogP contribution in [0.15, 0.2) is 30.3 Å². The third-order valence-electron chi connectivity index (χ3n) is 7.18. The minimum absolute atomic E-state index is 0.00330. The van der Waals surface area contributed by atoms with Gasteiger partial charge in [-0.3, -0.25) is 4.79 Å². The van der Waals surface area contributed by atoms with Gasteiger partial charge in [0.25, 0.3) is 0 Å². The lowest BCUT2D eigenvalue weighted by molar-refractivity contribution is -0.177. The molecule has 37 heavy (non-hydrogen) atoms. The van der Waals surface area contributed by atoms with E-state index in [4.69, 9.17) is 0 Å². The van der Waals surface area contributed by atoms with E-state index in [1.807, 2.05) is 26.0 Å². The number of carbonyl (C=O) groups excluding carboxylic acids is 1.